The first-order valence-corrected chi connectivity index (χ1v) is 10.7. The smallest absolute Gasteiger partial charge is 0.270 e. The zero-order valence-electron chi connectivity index (χ0n) is 16.6. The summed E-state index contributed by atoms with van der Waals surface area (Å²) in [6.07, 6.45) is 3.94. The number of pyridine rings is 1. The zero-order chi connectivity index (χ0) is 20.6. The molecule has 2 fully saturated rings. The molecule has 2 aliphatic rings. The van der Waals surface area contributed by atoms with Crippen LogP contribution in [-0.2, 0) is 11.3 Å². The van der Waals surface area contributed by atoms with Gasteiger partial charge in [0.05, 0.1) is 4.91 Å². The number of nitriles is 1. The van der Waals surface area contributed by atoms with Crippen LogP contribution in [0.3, 0.4) is 0 Å². The minimum Gasteiger partial charge on any atom is -0.357 e. The summed E-state index contributed by atoms with van der Waals surface area (Å²) in [6, 6.07) is 2.04. The van der Waals surface area contributed by atoms with Crippen LogP contribution in [0, 0.1) is 18.3 Å². The van der Waals surface area contributed by atoms with Crippen LogP contribution < -0.4 is 10.5 Å². The number of aromatic nitrogens is 1. The first-order chi connectivity index (χ1) is 13.3. The molecule has 28 heavy (non-hydrogen) atoms. The summed E-state index contributed by atoms with van der Waals surface area (Å²) in [6.45, 7) is 9.73. The molecule has 0 unspecified atom stereocenters. The summed E-state index contributed by atoms with van der Waals surface area (Å²) < 4.78 is 2.20. The zero-order valence-corrected chi connectivity index (χ0v) is 18.2. The maximum Gasteiger partial charge on any atom is 0.270 e. The molecular formula is C20H24N4O2S2. The fourth-order valence-electron chi connectivity index (χ4n) is 3.76. The molecule has 0 spiro atoms. The molecule has 3 heterocycles. The standard InChI is InChI=1S/C20H24N4O2S2/c1-5-23-17(22-8-6-7-9-22)14(13(4)15(11-21)18(23)25)10-16-19(26)24(12(2)3)20(27)28-16/h10,12H,5-9H2,1-4H3. The lowest BCUT2D eigenvalue weighted by Crippen LogP contribution is -2.34. The summed E-state index contributed by atoms with van der Waals surface area (Å²) >= 11 is 6.66. The number of hydrogen-bond acceptors (Lipinski definition) is 6. The molecule has 0 aliphatic carbocycles. The van der Waals surface area contributed by atoms with Gasteiger partial charge in [0, 0.05) is 31.2 Å². The Labute approximate surface area is 174 Å². The van der Waals surface area contributed by atoms with E-state index in [1.54, 1.807) is 16.4 Å². The normalized spacial score (nSPS) is 18.6. The van der Waals surface area contributed by atoms with Crippen LogP contribution in [0.4, 0.5) is 5.82 Å². The molecule has 0 N–H and O–H groups in total. The van der Waals surface area contributed by atoms with E-state index in [0.717, 1.165) is 37.3 Å². The Morgan fingerprint density at radius 2 is 1.93 bits per heavy atom. The van der Waals surface area contributed by atoms with E-state index in [4.69, 9.17) is 12.2 Å². The van der Waals surface area contributed by atoms with Crippen molar-refractivity contribution >= 4 is 46.1 Å². The first-order valence-electron chi connectivity index (χ1n) is 9.51. The van der Waals surface area contributed by atoms with Crippen LogP contribution in [0.1, 0.15) is 50.3 Å². The molecule has 0 aromatic carbocycles. The van der Waals surface area contributed by atoms with Crippen molar-refractivity contribution in [1.82, 2.24) is 9.47 Å². The maximum absolute atomic E-state index is 12.9. The second kappa shape index (κ2) is 8.10. The Kier molecular flexibility index (Phi) is 5.96. The number of carbonyl (C=O) groups is 1. The van der Waals surface area contributed by atoms with Crippen LogP contribution >= 0.6 is 24.0 Å². The number of rotatable bonds is 4. The van der Waals surface area contributed by atoms with Crippen LogP contribution in [-0.4, -0.2) is 38.8 Å². The van der Waals surface area contributed by atoms with Crippen molar-refractivity contribution in [2.45, 2.75) is 53.1 Å². The van der Waals surface area contributed by atoms with E-state index in [-0.39, 0.29) is 23.1 Å². The molecule has 2 saturated heterocycles. The van der Waals surface area contributed by atoms with Gasteiger partial charge in [0.25, 0.3) is 11.5 Å². The summed E-state index contributed by atoms with van der Waals surface area (Å²) in [5.74, 6) is 0.681. The average Bonchev–Trinajstić information content (AvgIpc) is 3.25. The minimum absolute atomic E-state index is 0.0168. The Morgan fingerprint density at radius 1 is 1.29 bits per heavy atom. The van der Waals surface area contributed by atoms with Crippen LogP contribution in [0.25, 0.3) is 6.08 Å². The summed E-state index contributed by atoms with van der Waals surface area (Å²) in [5.41, 5.74) is 1.25. The third-order valence-electron chi connectivity index (χ3n) is 5.18. The molecule has 0 atom stereocenters. The van der Waals surface area contributed by atoms with Crippen molar-refractivity contribution in [3.8, 4) is 6.07 Å². The van der Waals surface area contributed by atoms with Crippen molar-refractivity contribution in [3.63, 3.8) is 0 Å². The molecule has 0 bridgehead atoms. The molecule has 0 radical (unpaired) electrons. The lowest BCUT2D eigenvalue weighted by molar-refractivity contribution is -0.123. The number of anilines is 1. The predicted octanol–water partition coefficient (Wildman–Crippen LogP) is 3.26. The van der Waals surface area contributed by atoms with Crippen LogP contribution in [0.15, 0.2) is 9.70 Å². The molecule has 1 amide bonds. The van der Waals surface area contributed by atoms with Gasteiger partial charge in [0.1, 0.15) is 21.8 Å². The summed E-state index contributed by atoms with van der Waals surface area (Å²) in [5, 5.41) is 9.57. The lowest BCUT2D eigenvalue weighted by Gasteiger charge is -2.26. The van der Waals surface area contributed by atoms with E-state index < -0.39 is 0 Å². The molecule has 3 rings (SSSR count). The van der Waals surface area contributed by atoms with E-state index in [1.165, 1.54) is 11.8 Å². The fraction of sp³-hybridized carbons (Fsp3) is 0.500. The van der Waals surface area contributed by atoms with Gasteiger partial charge >= 0.3 is 0 Å². The molecule has 1 aromatic rings. The van der Waals surface area contributed by atoms with Gasteiger partial charge in [0.15, 0.2) is 0 Å². The van der Waals surface area contributed by atoms with Crippen molar-refractivity contribution in [2.24, 2.45) is 0 Å². The Morgan fingerprint density at radius 3 is 2.43 bits per heavy atom. The molecule has 0 saturated carbocycles. The number of thiocarbonyl (C=S) groups is 1. The van der Waals surface area contributed by atoms with Crippen LogP contribution in [0.5, 0.6) is 0 Å². The van der Waals surface area contributed by atoms with Gasteiger partial charge in [0.2, 0.25) is 0 Å². The number of thioether (sulfide) groups is 1. The Hall–Kier alpha value is -2.11. The third-order valence-corrected chi connectivity index (χ3v) is 6.51. The van der Waals surface area contributed by atoms with E-state index in [1.807, 2.05) is 26.8 Å². The highest BCUT2D eigenvalue weighted by atomic mass is 32.2. The molecular weight excluding hydrogens is 392 g/mol. The van der Waals surface area contributed by atoms with Crippen molar-refractivity contribution < 1.29 is 4.79 Å². The highest BCUT2D eigenvalue weighted by Crippen LogP contribution is 2.37. The van der Waals surface area contributed by atoms with E-state index in [2.05, 4.69) is 11.0 Å². The van der Waals surface area contributed by atoms with Gasteiger partial charge < -0.3 is 4.90 Å². The molecule has 2 aliphatic heterocycles. The van der Waals surface area contributed by atoms with Gasteiger partial charge in [-0.3, -0.25) is 19.1 Å². The molecule has 8 heteroatoms. The predicted molar refractivity (Wildman–Crippen MR) is 117 cm³/mol. The second-order valence-corrected chi connectivity index (χ2v) is 8.91. The Bertz CT molecular complexity index is 966. The summed E-state index contributed by atoms with van der Waals surface area (Å²) in [7, 11) is 0. The highest BCUT2D eigenvalue weighted by Gasteiger charge is 2.34. The third kappa shape index (κ3) is 3.38. The second-order valence-electron chi connectivity index (χ2n) is 7.24. The molecule has 148 valence electrons. The van der Waals surface area contributed by atoms with E-state index in [0.29, 0.717) is 21.3 Å². The highest BCUT2D eigenvalue weighted by molar-refractivity contribution is 8.26. The fourth-order valence-corrected chi connectivity index (χ4v) is 5.27. The maximum atomic E-state index is 12.9. The number of hydrogen-bond donors (Lipinski definition) is 0. The lowest BCUT2D eigenvalue weighted by atomic mass is 10.0. The van der Waals surface area contributed by atoms with E-state index >= 15 is 0 Å². The minimum atomic E-state index is -0.267. The SMILES string of the molecule is CCn1c(N2CCCC2)c(C=C2SC(=S)N(C(C)C)C2=O)c(C)c(C#N)c1=O. The topological polar surface area (TPSA) is 69.3 Å². The van der Waals surface area contributed by atoms with Gasteiger partial charge in [-0.05, 0) is 52.2 Å². The van der Waals surface area contributed by atoms with Gasteiger partial charge in [-0.1, -0.05) is 24.0 Å². The van der Waals surface area contributed by atoms with Gasteiger partial charge in [-0.25, -0.2) is 0 Å². The largest absolute Gasteiger partial charge is 0.357 e. The first kappa shape index (κ1) is 20.6. The molecule has 1 aromatic heterocycles. The number of nitrogens with zero attached hydrogens (tertiary/aromatic N) is 4. The number of carbonyl (C=O) groups excluding carboxylic acids is 1. The number of amides is 1. The van der Waals surface area contributed by atoms with Crippen molar-refractivity contribution in [2.75, 3.05) is 18.0 Å². The quantitative estimate of drug-likeness (QED) is 0.554. The van der Waals surface area contributed by atoms with Crippen molar-refractivity contribution in [1.29, 1.82) is 5.26 Å². The van der Waals surface area contributed by atoms with Gasteiger partial charge in [-0.2, -0.15) is 5.26 Å². The van der Waals surface area contributed by atoms with E-state index in [9.17, 15) is 14.9 Å². The average molecular weight is 417 g/mol. The Balaban J connectivity index is 2.25. The van der Waals surface area contributed by atoms with Crippen LogP contribution in [0.2, 0.25) is 0 Å². The summed E-state index contributed by atoms with van der Waals surface area (Å²) in [4.78, 5) is 30.1. The van der Waals surface area contributed by atoms with Gasteiger partial charge in [-0.15, -0.1) is 0 Å². The van der Waals surface area contributed by atoms with Crippen molar-refractivity contribution in [3.05, 3.63) is 31.9 Å². The molecule has 6 nitrogen and oxygen atoms in total. The monoisotopic (exact) mass is 416 g/mol.